The van der Waals surface area contributed by atoms with Gasteiger partial charge < -0.3 is 20.1 Å². The fraction of sp³-hybridized carbons (Fsp3) is 0.579. The molecule has 2 rings (SSSR count). The lowest BCUT2D eigenvalue weighted by Gasteiger charge is -2.35. The summed E-state index contributed by atoms with van der Waals surface area (Å²) in [6.07, 6.45) is 0.144. The van der Waals surface area contributed by atoms with Crippen molar-refractivity contribution in [3.63, 3.8) is 0 Å². The average Bonchev–Trinajstić information content (AvgIpc) is 2.62. The van der Waals surface area contributed by atoms with Gasteiger partial charge in [-0.15, -0.1) is 0 Å². The summed E-state index contributed by atoms with van der Waals surface area (Å²) in [6, 6.07) is 5.18. The van der Waals surface area contributed by atoms with Gasteiger partial charge in [0.1, 0.15) is 0 Å². The number of hydrogen-bond donors (Lipinski definition) is 2. The Labute approximate surface area is 155 Å². The summed E-state index contributed by atoms with van der Waals surface area (Å²) in [5.74, 6) is 1.46. The first-order valence-electron chi connectivity index (χ1n) is 8.94. The molecule has 1 aliphatic rings. The van der Waals surface area contributed by atoms with Gasteiger partial charge in [0.15, 0.2) is 11.5 Å². The molecule has 0 aliphatic carbocycles. The third-order valence-corrected chi connectivity index (χ3v) is 4.39. The molecule has 1 unspecified atom stereocenters. The number of ether oxygens (including phenoxy) is 2. The maximum atomic E-state index is 12.4. The second-order valence-corrected chi connectivity index (χ2v) is 6.83. The predicted octanol–water partition coefficient (Wildman–Crippen LogP) is 1.17. The molecule has 0 radical (unpaired) electrons. The fourth-order valence-corrected chi connectivity index (χ4v) is 3.04. The van der Waals surface area contributed by atoms with Crippen molar-refractivity contribution in [1.29, 1.82) is 0 Å². The molecular weight excluding hydrogens is 334 g/mol. The van der Waals surface area contributed by atoms with Gasteiger partial charge in [-0.3, -0.25) is 14.5 Å². The zero-order valence-corrected chi connectivity index (χ0v) is 16.0. The van der Waals surface area contributed by atoms with E-state index in [1.54, 1.807) is 14.2 Å². The molecule has 144 valence electrons. The van der Waals surface area contributed by atoms with E-state index in [1.807, 2.05) is 36.9 Å². The number of methoxy groups -OCH3 is 2. The largest absolute Gasteiger partial charge is 0.493 e. The molecule has 2 N–H and O–H groups in total. The molecule has 0 spiro atoms. The van der Waals surface area contributed by atoms with E-state index in [9.17, 15) is 9.59 Å². The van der Waals surface area contributed by atoms with E-state index < -0.39 is 6.04 Å². The van der Waals surface area contributed by atoms with Crippen LogP contribution in [-0.4, -0.2) is 56.6 Å². The topological polar surface area (TPSA) is 79.9 Å². The molecule has 7 nitrogen and oxygen atoms in total. The minimum Gasteiger partial charge on any atom is -0.493 e. The van der Waals surface area contributed by atoms with Crippen LogP contribution in [0.4, 0.5) is 0 Å². The van der Waals surface area contributed by atoms with Crippen LogP contribution in [-0.2, 0) is 16.1 Å². The van der Waals surface area contributed by atoms with Crippen LogP contribution >= 0.6 is 0 Å². The Kier molecular flexibility index (Phi) is 7.26. The van der Waals surface area contributed by atoms with Gasteiger partial charge >= 0.3 is 0 Å². The number of para-hydroxylation sites is 1. The van der Waals surface area contributed by atoms with Gasteiger partial charge in [-0.25, -0.2) is 0 Å². The summed E-state index contributed by atoms with van der Waals surface area (Å²) in [5, 5.41) is 5.74. The van der Waals surface area contributed by atoms with Crippen molar-refractivity contribution >= 4 is 11.8 Å². The minimum absolute atomic E-state index is 0.108. The maximum absolute atomic E-state index is 12.4. The Morgan fingerprint density at radius 1 is 1.35 bits per heavy atom. The Morgan fingerprint density at radius 2 is 2.12 bits per heavy atom. The zero-order chi connectivity index (χ0) is 19.1. The molecule has 2 amide bonds. The molecule has 1 aromatic carbocycles. The van der Waals surface area contributed by atoms with E-state index in [-0.39, 0.29) is 18.2 Å². The van der Waals surface area contributed by atoms with Crippen LogP contribution in [0.5, 0.6) is 11.5 Å². The second kappa shape index (κ2) is 9.43. The number of nitrogens with one attached hydrogen (secondary N) is 2. The summed E-state index contributed by atoms with van der Waals surface area (Å²) >= 11 is 0. The van der Waals surface area contributed by atoms with E-state index >= 15 is 0 Å². The number of rotatable bonds is 8. The van der Waals surface area contributed by atoms with Crippen LogP contribution in [0.25, 0.3) is 0 Å². The Morgan fingerprint density at radius 3 is 2.77 bits per heavy atom. The van der Waals surface area contributed by atoms with Crippen LogP contribution < -0.4 is 20.1 Å². The molecule has 7 heteroatoms. The Bertz CT molecular complexity index is 633. The highest BCUT2D eigenvalue weighted by Gasteiger charge is 2.32. The van der Waals surface area contributed by atoms with E-state index in [0.29, 0.717) is 43.6 Å². The smallest absolute Gasteiger partial charge is 0.237 e. The van der Waals surface area contributed by atoms with Crippen LogP contribution in [0.2, 0.25) is 0 Å². The minimum atomic E-state index is -0.494. The molecule has 1 atom stereocenters. The number of nitrogens with zero attached hydrogens (tertiary/aromatic N) is 1. The number of carbonyl (C=O) groups excluding carboxylic acids is 2. The van der Waals surface area contributed by atoms with Crippen molar-refractivity contribution in [3.05, 3.63) is 23.8 Å². The Balaban J connectivity index is 2.13. The summed E-state index contributed by atoms with van der Waals surface area (Å²) < 4.78 is 10.8. The summed E-state index contributed by atoms with van der Waals surface area (Å²) in [6.45, 7) is 6.43. The highest BCUT2D eigenvalue weighted by molar-refractivity contribution is 5.88. The SMILES string of the molecule is COc1cccc(CN2CCNC(=O)C2CC(=O)NCC(C)C)c1OC. The van der Waals surface area contributed by atoms with Gasteiger partial charge in [0, 0.05) is 31.7 Å². The molecule has 0 saturated carbocycles. The lowest BCUT2D eigenvalue weighted by Crippen LogP contribution is -2.56. The van der Waals surface area contributed by atoms with Gasteiger partial charge in [-0.1, -0.05) is 26.0 Å². The van der Waals surface area contributed by atoms with Crippen LogP contribution in [0, 0.1) is 5.92 Å². The van der Waals surface area contributed by atoms with Crippen molar-refractivity contribution < 1.29 is 19.1 Å². The van der Waals surface area contributed by atoms with Crippen LogP contribution in [0.1, 0.15) is 25.8 Å². The summed E-state index contributed by atoms with van der Waals surface area (Å²) in [4.78, 5) is 26.6. The van der Waals surface area contributed by atoms with E-state index in [0.717, 1.165) is 5.56 Å². The molecule has 1 heterocycles. The average molecular weight is 363 g/mol. The molecule has 26 heavy (non-hydrogen) atoms. The molecule has 0 bridgehead atoms. The number of carbonyl (C=O) groups is 2. The van der Waals surface area contributed by atoms with Crippen molar-refractivity contribution in [2.24, 2.45) is 5.92 Å². The van der Waals surface area contributed by atoms with Crippen molar-refractivity contribution in [2.45, 2.75) is 32.9 Å². The third-order valence-electron chi connectivity index (χ3n) is 4.39. The first-order valence-corrected chi connectivity index (χ1v) is 8.94. The first kappa shape index (κ1) is 20.0. The molecule has 1 saturated heterocycles. The first-order chi connectivity index (χ1) is 12.5. The number of hydrogen-bond acceptors (Lipinski definition) is 5. The Hall–Kier alpha value is -2.28. The van der Waals surface area contributed by atoms with Crippen LogP contribution in [0.15, 0.2) is 18.2 Å². The van der Waals surface area contributed by atoms with Crippen molar-refractivity contribution in [2.75, 3.05) is 33.9 Å². The lowest BCUT2D eigenvalue weighted by atomic mass is 10.1. The van der Waals surface area contributed by atoms with Gasteiger partial charge in [-0.2, -0.15) is 0 Å². The normalized spacial score (nSPS) is 17.7. The van der Waals surface area contributed by atoms with E-state index in [1.165, 1.54) is 0 Å². The van der Waals surface area contributed by atoms with Gasteiger partial charge in [-0.05, 0) is 12.0 Å². The number of amides is 2. The van der Waals surface area contributed by atoms with Crippen molar-refractivity contribution in [3.8, 4) is 11.5 Å². The highest BCUT2D eigenvalue weighted by atomic mass is 16.5. The second-order valence-electron chi connectivity index (χ2n) is 6.83. The van der Waals surface area contributed by atoms with Crippen molar-refractivity contribution in [1.82, 2.24) is 15.5 Å². The molecule has 1 fully saturated rings. The monoisotopic (exact) mass is 363 g/mol. The molecular formula is C19H29N3O4. The molecule has 1 aromatic rings. The summed E-state index contributed by atoms with van der Waals surface area (Å²) in [7, 11) is 3.19. The molecule has 1 aliphatic heterocycles. The fourth-order valence-electron chi connectivity index (χ4n) is 3.04. The molecule has 0 aromatic heterocycles. The van der Waals surface area contributed by atoms with E-state index in [4.69, 9.17) is 9.47 Å². The third kappa shape index (κ3) is 5.11. The highest BCUT2D eigenvalue weighted by Crippen LogP contribution is 2.32. The standard InChI is InChI=1S/C19H29N3O4/c1-13(2)11-21-17(23)10-15-19(24)20-8-9-22(15)12-14-6-5-7-16(25-3)18(14)26-4/h5-7,13,15H,8-12H2,1-4H3,(H,20,24)(H,21,23). The quantitative estimate of drug-likeness (QED) is 0.725. The van der Waals surface area contributed by atoms with E-state index in [2.05, 4.69) is 10.6 Å². The maximum Gasteiger partial charge on any atom is 0.237 e. The zero-order valence-electron chi connectivity index (χ0n) is 16.0. The van der Waals surface area contributed by atoms with Gasteiger partial charge in [0.2, 0.25) is 11.8 Å². The predicted molar refractivity (Wildman–Crippen MR) is 99.2 cm³/mol. The number of benzene rings is 1. The lowest BCUT2D eigenvalue weighted by molar-refractivity contribution is -0.134. The van der Waals surface area contributed by atoms with Gasteiger partial charge in [0.25, 0.3) is 0 Å². The number of piperazine rings is 1. The van der Waals surface area contributed by atoms with Crippen LogP contribution in [0.3, 0.4) is 0 Å². The summed E-state index contributed by atoms with van der Waals surface area (Å²) in [5.41, 5.74) is 0.925. The van der Waals surface area contributed by atoms with Gasteiger partial charge in [0.05, 0.1) is 26.7 Å².